The van der Waals surface area contributed by atoms with Crippen LogP contribution >= 0.6 is 11.3 Å². The van der Waals surface area contributed by atoms with Gasteiger partial charge in [-0.15, -0.1) is 11.3 Å². The number of amides is 2. The van der Waals surface area contributed by atoms with Crippen LogP contribution in [-0.4, -0.2) is 18.1 Å². The van der Waals surface area contributed by atoms with E-state index in [4.69, 9.17) is 4.74 Å². The molecule has 0 atom stereocenters. The van der Waals surface area contributed by atoms with Crippen LogP contribution < -0.4 is 15.4 Å². The Bertz CT molecular complexity index is 802. The SMILES string of the molecule is COc1cccc(NC(=O)Nc2nc(-c3ccccc3)cs2)c1. The normalized spacial score (nSPS) is 10.1. The van der Waals surface area contributed by atoms with Crippen molar-refractivity contribution >= 4 is 28.2 Å². The molecule has 0 aliphatic rings. The summed E-state index contributed by atoms with van der Waals surface area (Å²) in [6.07, 6.45) is 0. The van der Waals surface area contributed by atoms with Gasteiger partial charge in [0.05, 0.1) is 12.8 Å². The highest BCUT2D eigenvalue weighted by atomic mass is 32.1. The van der Waals surface area contributed by atoms with E-state index in [1.54, 1.807) is 19.2 Å². The fourth-order valence-electron chi connectivity index (χ4n) is 2.03. The molecule has 23 heavy (non-hydrogen) atoms. The first kappa shape index (κ1) is 15.1. The largest absolute Gasteiger partial charge is 0.497 e. The van der Waals surface area contributed by atoms with Crippen LogP contribution in [0.4, 0.5) is 15.6 Å². The van der Waals surface area contributed by atoms with Gasteiger partial charge in [-0.1, -0.05) is 36.4 Å². The van der Waals surface area contributed by atoms with E-state index in [1.165, 1.54) is 11.3 Å². The topological polar surface area (TPSA) is 63.2 Å². The molecule has 0 saturated carbocycles. The molecule has 5 nitrogen and oxygen atoms in total. The predicted octanol–water partition coefficient (Wildman–Crippen LogP) is 4.46. The predicted molar refractivity (Wildman–Crippen MR) is 93.2 cm³/mol. The molecule has 0 bridgehead atoms. The van der Waals surface area contributed by atoms with Gasteiger partial charge >= 0.3 is 6.03 Å². The van der Waals surface area contributed by atoms with E-state index in [0.29, 0.717) is 16.6 Å². The lowest BCUT2D eigenvalue weighted by Gasteiger charge is -2.06. The maximum Gasteiger partial charge on any atom is 0.325 e. The van der Waals surface area contributed by atoms with Crippen LogP contribution in [0.25, 0.3) is 11.3 Å². The highest BCUT2D eigenvalue weighted by Gasteiger charge is 2.08. The third kappa shape index (κ3) is 3.87. The van der Waals surface area contributed by atoms with Crippen molar-refractivity contribution in [3.05, 3.63) is 60.0 Å². The molecule has 1 heterocycles. The molecule has 3 aromatic rings. The molecule has 1 aromatic heterocycles. The number of methoxy groups -OCH3 is 1. The molecule has 6 heteroatoms. The number of benzene rings is 2. The van der Waals surface area contributed by atoms with Crippen LogP contribution in [0.1, 0.15) is 0 Å². The van der Waals surface area contributed by atoms with E-state index < -0.39 is 0 Å². The Morgan fingerprint density at radius 1 is 1.09 bits per heavy atom. The van der Waals surface area contributed by atoms with Gasteiger partial charge in [-0.2, -0.15) is 0 Å². The van der Waals surface area contributed by atoms with Crippen LogP contribution in [0.5, 0.6) is 5.75 Å². The molecule has 2 aromatic carbocycles. The van der Waals surface area contributed by atoms with Crippen molar-refractivity contribution in [2.24, 2.45) is 0 Å². The average molecular weight is 325 g/mol. The summed E-state index contributed by atoms with van der Waals surface area (Å²) in [6.45, 7) is 0. The zero-order valence-electron chi connectivity index (χ0n) is 12.4. The van der Waals surface area contributed by atoms with E-state index in [9.17, 15) is 4.79 Å². The second kappa shape index (κ2) is 6.93. The van der Waals surface area contributed by atoms with Crippen molar-refractivity contribution in [3.63, 3.8) is 0 Å². The number of hydrogen-bond acceptors (Lipinski definition) is 4. The van der Waals surface area contributed by atoms with Gasteiger partial charge in [-0.05, 0) is 12.1 Å². The van der Waals surface area contributed by atoms with Gasteiger partial charge in [0, 0.05) is 22.7 Å². The molecule has 3 rings (SSSR count). The van der Waals surface area contributed by atoms with Crippen LogP contribution in [0.2, 0.25) is 0 Å². The number of rotatable bonds is 4. The zero-order chi connectivity index (χ0) is 16.1. The lowest BCUT2D eigenvalue weighted by Crippen LogP contribution is -2.19. The summed E-state index contributed by atoms with van der Waals surface area (Å²) < 4.78 is 5.13. The fraction of sp³-hybridized carbons (Fsp3) is 0.0588. The summed E-state index contributed by atoms with van der Waals surface area (Å²) in [4.78, 5) is 16.4. The first-order chi connectivity index (χ1) is 11.2. The number of urea groups is 1. The lowest BCUT2D eigenvalue weighted by molar-refractivity contribution is 0.262. The van der Waals surface area contributed by atoms with Crippen LogP contribution in [-0.2, 0) is 0 Å². The minimum absolute atomic E-state index is 0.341. The Labute approximate surface area is 138 Å². The summed E-state index contributed by atoms with van der Waals surface area (Å²) in [5.41, 5.74) is 2.51. The standard InChI is InChI=1S/C17H15N3O2S/c1-22-14-9-5-8-13(10-14)18-16(21)20-17-19-15(11-23-17)12-6-3-2-4-7-12/h2-11H,1H3,(H2,18,19,20,21). The average Bonchev–Trinajstić information content (AvgIpc) is 3.04. The maximum absolute atomic E-state index is 12.0. The third-order valence-electron chi connectivity index (χ3n) is 3.12. The smallest absolute Gasteiger partial charge is 0.325 e. The Morgan fingerprint density at radius 2 is 1.91 bits per heavy atom. The van der Waals surface area contributed by atoms with E-state index in [2.05, 4.69) is 15.6 Å². The number of ether oxygens (including phenoxy) is 1. The van der Waals surface area contributed by atoms with Crippen LogP contribution in [0.3, 0.4) is 0 Å². The van der Waals surface area contributed by atoms with Crippen molar-refractivity contribution in [2.75, 3.05) is 17.7 Å². The van der Waals surface area contributed by atoms with Gasteiger partial charge in [0.15, 0.2) is 5.13 Å². The number of carbonyl (C=O) groups excluding carboxylic acids is 1. The molecule has 0 aliphatic heterocycles. The fourth-order valence-corrected chi connectivity index (χ4v) is 2.75. The number of thiazole rings is 1. The number of carbonyl (C=O) groups is 1. The highest BCUT2D eigenvalue weighted by molar-refractivity contribution is 7.14. The molecular weight excluding hydrogens is 310 g/mol. The van der Waals surface area contributed by atoms with E-state index in [-0.39, 0.29) is 6.03 Å². The number of nitrogens with one attached hydrogen (secondary N) is 2. The van der Waals surface area contributed by atoms with Crippen molar-refractivity contribution in [3.8, 4) is 17.0 Å². The Balaban J connectivity index is 1.65. The lowest BCUT2D eigenvalue weighted by atomic mass is 10.2. The Kier molecular flexibility index (Phi) is 4.54. The quantitative estimate of drug-likeness (QED) is 0.744. The molecule has 0 fully saturated rings. The van der Waals surface area contributed by atoms with Gasteiger partial charge < -0.3 is 10.1 Å². The van der Waals surface area contributed by atoms with E-state index >= 15 is 0 Å². The minimum atomic E-state index is -0.341. The molecule has 2 amide bonds. The second-order valence-corrected chi connectivity index (χ2v) is 5.57. The van der Waals surface area contributed by atoms with E-state index in [0.717, 1.165) is 11.3 Å². The van der Waals surface area contributed by atoms with Crippen molar-refractivity contribution < 1.29 is 9.53 Å². The first-order valence-electron chi connectivity index (χ1n) is 6.97. The first-order valence-corrected chi connectivity index (χ1v) is 7.85. The number of aromatic nitrogens is 1. The monoisotopic (exact) mass is 325 g/mol. The van der Waals surface area contributed by atoms with Crippen LogP contribution in [0, 0.1) is 0 Å². The maximum atomic E-state index is 12.0. The molecule has 0 aliphatic carbocycles. The molecule has 116 valence electrons. The summed E-state index contributed by atoms with van der Waals surface area (Å²) in [6, 6.07) is 16.7. The third-order valence-corrected chi connectivity index (χ3v) is 3.88. The van der Waals surface area contributed by atoms with Gasteiger partial charge in [0.25, 0.3) is 0 Å². The molecular formula is C17H15N3O2S. The van der Waals surface area contributed by atoms with Gasteiger partial charge in [0.1, 0.15) is 5.75 Å². The summed E-state index contributed by atoms with van der Waals surface area (Å²) in [5, 5.41) is 7.94. The second-order valence-electron chi connectivity index (χ2n) is 4.72. The van der Waals surface area contributed by atoms with Gasteiger partial charge in [-0.25, -0.2) is 9.78 Å². The van der Waals surface area contributed by atoms with Crippen LogP contribution in [0.15, 0.2) is 60.0 Å². The van der Waals surface area contributed by atoms with Crippen molar-refractivity contribution in [2.45, 2.75) is 0 Å². The van der Waals surface area contributed by atoms with Crippen molar-refractivity contribution in [1.29, 1.82) is 0 Å². The number of nitrogens with zero attached hydrogens (tertiary/aromatic N) is 1. The zero-order valence-corrected chi connectivity index (χ0v) is 13.3. The number of hydrogen-bond donors (Lipinski definition) is 2. The Hall–Kier alpha value is -2.86. The summed E-state index contributed by atoms with van der Waals surface area (Å²) in [5.74, 6) is 0.684. The van der Waals surface area contributed by atoms with E-state index in [1.807, 2.05) is 47.8 Å². The summed E-state index contributed by atoms with van der Waals surface area (Å²) >= 11 is 1.38. The Morgan fingerprint density at radius 3 is 2.70 bits per heavy atom. The van der Waals surface area contributed by atoms with Gasteiger partial charge in [0.2, 0.25) is 0 Å². The summed E-state index contributed by atoms with van der Waals surface area (Å²) in [7, 11) is 1.58. The highest BCUT2D eigenvalue weighted by Crippen LogP contribution is 2.24. The molecule has 0 saturated heterocycles. The minimum Gasteiger partial charge on any atom is -0.497 e. The van der Waals surface area contributed by atoms with Gasteiger partial charge in [-0.3, -0.25) is 5.32 Å². The molecule has 0 spiro atoms. The number of anilines is 2. The molecule has 0 radical (unpaired) electrons. The molecule has 0 unspecified atom stereocenters. The molecule has 2 N–H and O–H groups in total. The van der Waals surface area contributed by atoms with Crippen molar-refractivity contribution in [1.82, 2.24) is 4.98 Å².